The highest BCUT2D eigenvalue weighted by molar-refractivity contribution is 7.99. The van der Waals surface area contributed by atoms with Crippen molar-refractivity contribution in [1.29, 1.82) is 0 Å². The molecule has 42 heavy (non-hydrogen) atoms. The number of carbonyl (C=O) groups is 1. The quantitative estimate of drug-likeness (QED) is 0.145. The van der Waals surface area contributed by atoms with Gasteiger partial charge in [0.1, 0.15) is 10.6 Å². The van der Waals surface area contributed by atoms with Crippen LogP contribution in [0, 0.1) is 0 Å². The number of thiophene rings is 1. The standard InChI is InChI=1S/C32H29ClN4O3S2/c1-2-40-25-14-12-24(13-15-25)37-31(39)29-26-16-17-36(18-21-6-4-3-5-7-21)19-27(26)42-30(29)35-32(37)41-20-28(38)34-23-10-8-22(33)9-11-23/h3-15H,2,16-20H2,1H3,(H,34,38). The average Bonchev–Trinajstić information content (AvgIpc) is 3.36. The molecule has 0 bridgehead atoms. The number of hydrogen-bond acceptors (Lipinski definition) is 7. The minimum absolute atomic E-state index is 0.0908. The number of fused-ring (bicyclic) bond motifs is 3. The fourth-order valence-corrected chi connectivity index (χ4v) is 7.34. The van der Waals surface area contributed by atoms with E-state index in [9.17, 15) is 9.59 Å². The van der Waals surface area contributed by atoms with Crippen molar-refractivity contribution in [3.05, 3.63) is 110 Å². The zero-order valence-electron chi connectivity index (χ0n) is 23.0. The van der Waals surface area contributed by atoms with E-state index >= 15 is 0 Å². The molecular weight excluding hydrogens is 588 g/mol. The van der Waals surface area contributed by atoms with Crippen molar-refractivity contribution in [1.82, 2.24) is 14.5 Å². The summed E-state index contributed by atoms with van der Waals surface area (Å²) in [6.45, 7) is 5.00. The van der Waals surface area contributed by atoms with E-state index in [-0.39, 0.29) is 17.2 Å². The second-order valence-corrected chi connectivity index (χ2v) is 12.4. The van der Waals surface area contributed by atoms with E-state index in [4.69, 9.17) is 21.3 Å². The summed E-state index contributed by atoms with van der Waals surface area (Å²) in [7, 11) is 0. The van der Waals surface area contributed by atoms with Crippen LogP contribution in [0.25, 0.3) is 15.9 Å². The molecule has 1 amide bonds. The van der Waals surface area contributed by atoms with E-state index < -0.39 is 0 Å². The third kappa shape index (κ3) is 6.24. The fraction of sp³-hybridized carbons (Fsp3) is 0.219. The number of hydrogen-bond donors (Lipinski definition) is 1. The Labute approximate surface area is 257 Å². The third-order valence-electron chi connectivity index (χ3n) is 7.04. The molecular formula is C32H29ClN4O3S2. The Morgan fingerprint density at radius 2 is 1.83 bits per heavy atom. The molecule has 0 aliphatic carbocycles. The Balaban J connectivity index is 1.33. The SMILES string of the molecule is CCOc1ccc(-n2c(SCC(=O)Nc3ccc(Cl)cc3)nc3sc4c(c3c2=O)CCN(Cc2ccccc2)C4)cc1. The maximum Gasteiger partial charge on any atom is 0.267 e. The molecule has 3 heterocycles. The minimum Gasteiger partial charge on any atom is -0.494 e. The predicted molar refractivity (Wildman–Crippen MR) is 171 cm³/mol. The van der Waals surface area contributed by atoms with Gasteiger partial charge in [-0.05, 0) is 73.0 Å². The highest BCUT2D eigenvalue weighted by Gasteiger charge is 2.26. The number of thioether (sulfide) groups is 1. The van der Waals surface area contributed by atoms with Gasteiger partial charge in [0.25, 0.3) is 5.56 Å². The summed E-state index contributed by atoms with van der Waals surface area (Å²) in [6.07, 6.45) is 0.790. The first-order chi connectivity index (χ1) is 20.5. The van der Waals surface area contributed by atoms with E-state index in [0.717, 1.165) is 37.4 Å². The summed E-state index contributed by atoms with van der Waals surface area (Å²) in [6, 6.07) is 24.8. The second kappa shape index (κ2) is 12.7. The molecule has 1 aliphatic heterocycles. The van der Waals surface area contributed by atoms with Crippen molar-refractivity contribution >= 4 is 56.5 Å². The van der Waals surface area contributed by atoms with Crippen LogP contribution < -0.4 is 15.6 Å². The van der Waals surface area contributed by atoms with E-state index in [1.165, 1.54) is 22.2 Å². The molecule has 0 radical (unpaired) electrons. The second-order valence-electron chi connectivity index (χ2n) is 9.94. The summed E-state index contributed by atoms with van der Waals surface area (Å²) >= 11 is 8.79. The monoisotopic (exact) mass is 616 g/mol. The number of nitrogens with one attached hydrogen (secondary N) is 1. The molecule has 1 N–H and O–H groups in total. The molecule has 10 heteroatoms. The molecule has 0 saturated heterocycles. The maximum absolute atomic E-state index is 14.2. The van der Waals surface area contributed by atoms with Gasteiger partial charge in [-0.2, -0.15) is 0 Å². The first-order valence-electron chi connectivity index (χ1n) is 13.7. The Morgan fingerprint density at radius 3 is 2.57 bits per heavy atom. The van der Waals surface area contributed by atoms with Gasteiger partial charge < -0.3 is 10.1 Å². The molecule has 0 saturated carbocycles. The van der Waals surface area contributed by atoms with Crippen molar-refractivity contribution in [3.63, 3.8) is 0 Å². The largest absolute Gasteiger partial charge is 0.494 e. The molecule has 6 rings (SSSR count). The van der Waals surface area contributed by atoms with Crippen molar-refractivity contribution in [3.8, 4) is 11.4 Å². The first kappa shape index (κ1) is 28.5. The third-order valence-corrected chi connectivity index (χ3v) is 9.34. The predicted octanol–water partition coefficient (Wildman–Crippen LogP) is 6.79. The summed E-state index contributed by atoms with van der Waals surface area (Å²) in [5.41, 5.74) is 3.59. The summed E-state index contributed by atoms with van der Waals surface area (Å²) in [4.78, 5) is 36.3. The van der Waals surface area contributed by atoms with Gasteiger partial charge in [0.15, 0.2) is 5.16 Å². The van der Waals surface area contributed by atoms with E-state index in [1.54, 1.807) is 40.2 Å². The van der Waals surface area contributed by atoms with Crippen LogP contribution in [0.4, 0.5) is 5.69 Å². The van der Waals surface area contributed by atoms with Crippen molar-refractivity contribution in [2.75, 3.05) is 24.2 Å². The molecule has 0 fully saturated rings. The minimum atomic E-state index is -0.197. The molecule has 7 nitrogen and oxygen atoms in total. The van der Waals surface area contributed by atoms with Crippen LogP contribution in [0.2, 0.25) is 5.02 Å². The lowest BCUT2D eigenvalue weighted by molar-refractivity contribution is -0.113. The average molecular weight is 617 g/mol. The Bertz CT molecular complexity index is 1770. The Kier molecular flexibility index (Phi) is 8.62. The van der Waals surface area contributed by atoms with Crippen LogP contribution in [-0.2, 0) is 24.3 Å². The van der Waals surface area contributed by atoms with Gasteiger partial charge in [-0.1, -0.05) is 53.7 Å². The number of halogens is 1. The van der Waals surface area contributed by atoms with Gasteiger partial charge in [-0.15, -0.1) is 11.3 Å². The molecule has 0 spiro atoms. The highest BCUT2D eigenvalue weighted by Crippen LogP contribution is 2.35. The van der Waals surface area contributed by atoms with Gasteiger partial charge in [0.05, 0.1) is 23.4 Å². The topological polar surface area (TPSA) is 76.5 Å². The van der Waals surface area contributed by atoms with Crippen molar-refractivity contribution < 1.29 is 9.53 Å². The number of rotatable bonds is 9. The smallest absolute Gasteiger partial charge is 0.267 e. The lowest BCUT2D eigenvalue weighted by Crippen LogP contribution is -2.30. The number of nitrogens with zero attached hydrogens (tertiary/aromatic N) is 3. The van der Waals surface area contributed by atoms with Gasteiger partial charge in [-0.3, -0.25) is 19.1 Å². The summed E-state index contributed by atoms with van der Waals surface area (Å²) in [5, 5.41) is 4.64. The normalized spacial score (nSPS) is 13.2. The van der Waals surface area contributed by atoms with Gasteiger partial charge in [0, 0.05) is 35.2 Å². The lowest BCUT2D eigenvalue weighted by Gasteiger charge is -2.26. The first-order valence-corrected chi connectivity index (χ1v) is 15.9. The number of amides is 1. The van der Waals surface area contributed by atoms with E-state index in [2.05, 4.69) is 34.5 Å². The molecule has 0 unspecified atom stereocenters. The zero-order valence-corrected chi connectivity index (χ0v) is 25.4. The van der Waals surface area contributed by atoms with Crippen LogP contribution in [0.5, 0.6) is 5.75 Å². The molecule has 214 valence electrons. The molecule has 1 aliphatic rings. The highest BCUT2D eigenvalue weighted by atomic mass is 35.5. The molecule has 3 aromatic carbocycles. The van der Waals surface area contributed by atoms with E-state index in [0.29, 0.717) is 38.4 Å². The van der Waals surface area contributed by atoms with Crippen molar-refractivity contribution in [2.24, 2.45) is 0 Å². The van der Waals surface area contributed by atoms with Gasteiger partial charge in [0.2, 0.25) is 5.91 Å². The molecule has 0 atom stereocenters. The van der Waals surface area contributed by atoms with Crippen molar-refractivity contribution in [2.45, 2.75) is 31.6 Å². The Hall–Kier alpha value is -3.63. The number of carbonyl (C=O) groups excluding carboxylic acids is 1. The Morgan fingerprint density at radius 1 is 1.07 bits per heavy atom. The summed E-state index contributed by atoms with van der Waals surface area (Å²) < 4.78 is 7.24. The van der Waals surface area contributed by atoms with E-state index in [1.807, 2.05) is 37.3 Å². The number of aromatic nitrogens is 2. The zero-order chi connectivity index (χ0) is 29.1. The number of ether oxygens (including phenoxy) is 1. The lowest BCUT2D eigenvalue weighted by atomic mass is 10.0. The van der Waals surface area contributed by atoms with Crippen LogP contribution >= 0.6 is 34.7 Å². The van der Waals surface area contributed by atoms with Gasteiger partial charge >= 0.3 is 0 Å². The van der Waals surface area contributed by atoms with Gasteiger partial charge in [-0.25, -0.2) is 4.98 Å². The maximum atomic E-state index is 14.2. The molecule has 2 aromatic heterocycles. The molecule has 5 aromatic rings. The van der Waals surface area contributed by atoms with Crippen LogP contribution in [0.3, 0.4) is 0 Å². The summed E-state index contributed by atoms with van der Waals surface area (Å²) in [5.74, 6) is 0.622. The van der Waals surface area contributed by atoms with Crippen LogP contribution in [0.15, 0.2) is 88.8 Å². The van der Waals surface area contributed by atoms with Crippen LogP contribution in [0.1, 0.15) is 22.9 Å². The number of benzene rings is 3. The fourth-order valence-electron chi connectivity index (χ4n) is 5.10. The number of anilines is 1. The van der Waals surface area contributed by atoms with Crippen LogP contribution in [-0.4, -0.2) is 39.3 Å².